The zero-order valence-corrected chi connectivity index (χ0v) is 15.1. The minimum Gasteiger partial charge on any atom is -0.349 e. The topological polar surface area (TPSA) is 75.4 Å². The van der Waals surface area contributed by atoms with Crippen LogP contribution in [-0.2, 0) is 4.79 Å². The average molecular weight is 343 g/mol. The van der Waals surface area contributed by atoms with E-state index in [0.717, 1.165) is 49.7 Å². The molecule has 0 atom stereocenters. The van der Waals surface area contributed by atoms with Crippen molar-refractivity contribution in [3.05, 3.63) is 35.4 Å². The monoisotopic (exact) mass is 343 g/mol. The molecule has 1 heterocycles. The van der Waals surface area contributed by atoms with Crippen LogP contribution in [0.3, 0.4) is 0 Å². The first-order chi connectivity index (χ1) is 12.0. The highest BCUT2D eigenvalue weighted by atomic mass is 16.2. The van der Waals surface area contributed by atoms with Crippen LogP contribution >= 0.6 is 0 Å². The van der Waals surface area contributed by atoms with Crippen LogP contribution in [0.4, 0.5) is 0 Å². The Morgan fingerprint density at radius 3 is 2.40 bits per heavy atom. The number of hydrogen-bond acceptors (Lipinski definition) is 3. The zero-order valence-electron chi connectivity index (χ0n) is 15.1. The smallest absolute Gasteiger partial charge is 0.251 e. The molecule has 0 radical (unpaired) electrons. The van der Waals surface area contributed by atoms with Crippen LogP contribution in [0.5, 0.6) is 0 Å². The number of likely N-dealkylation sites (tertiary alicyclic amines) is 1. The summed E-state index contributed by atoms with van der Waals surface area (Å²) in [5.74, 6) is 0.0846. The Kier molecular flexibility index (Phi) is 5.42. The van der Waals surface area contributed by atoms with Crippen molar-refractivity contribution in [1.29, 1.82) is 0 Å². The first-order valence-electron chi connectivity index (χ1n) is 9.44. The lowest BCUT2D eigenvalue weighted by Gasteiger charge is -2.40. The largest absolute Gasteiger partial charge is 0.349 e. The van der Waals surface area contributed by atoms with Gasteiger partial charge in [-0.05, 0) is 44.2 Å². The number of benzene rings is 1. The number of aryl methyl sites for hydroxylation is 1. The molecule has 2 fully saturated rings. The molecule has 1 aliphatic carbocycles. The van der Waals surface area contributed by atoms with Gasteiger partial charge in [0.05, 0.1) is 5.54 Å². The van der Waals surface area contributed by atoms with Gasteiger partial charge in [-0.2, -0.15) is 0 Å². The van der Waals surface area contributed by atoms with Crippen LogP contribution < -0.4 is 11.1 Å². The lowest BCUT2D eigenvalue weighted by atomic mass is 9.81. The van der Waals surface area contributed by atoms with Gasteiger partial charge in [0, 0.05) is 24.7 Å². The maximum atomic E-state index is 12.8. The molecule has 1 saturated carbocycles. The summed E-state index contributed by atoms with van der Waals surface area (Å²) < 4.78 is 0. The van der Waals surface area contributed by atoms with E-state index in [-0.39, 0.29) is 17.9 Å². The van der Waals surface area contributed by atoms with Crippen LogP contribution in [0.15, 0.2) is 24.3 Å². The van der Waals surface area contributed by atoms with Gasteiger partial charge in [-0.1, -0.05) is 37.5 Å². The fraction of sp³-hybridized carbons (Fsp3) is 0.600. The van der Waals surface area contributed by atoms with E-state index in [1.165, 1.54) is 6.42 Å². The van der Waals surface area contributed by atoms with Gasteiger partial charge < -0.3 is 16.0 Å². The Labute approximate surface area is 150 Å². The standard InChI is InChI=1S/C20H29N3O2/c1-15-7-3-4-8-17(15)18(24)22-16-9-13-23(14-10-16)19(25)20(21)11-5-2-6-12-20/h3-4,7-8,16H,2,5-6,9-14,21H2,1H3,(H,22,24). The van der Waals surface area contributed by atoms with Crippen molar-refractivity contribution < 1.29 is 9.59 Å². The van der Waals surface area contributed by atoms with Crippen LogP contribution in [-0.4, -0.2) is 41.4 Å². The molecular formula is C20H29N3O2. The summed E-state index contributed by atoms with van der Waals surface area (Å²) in [5, 5.41) is 3.12. The molecule has 2 aliphatic rings. The number of nitrogens with two attached hydrogens (primary N) is 1. The number of carbonyl (C=O) groups excluding carboxylic acids is 2. The molecule has 136 valence electrons. The summed E-state index contributed by atoms with van der Waals surface area (Å²) in [7, 11) is 0. The Bertz CT molecular complexity index is 630. The molecule has 25 heavy (non-hydrogen) atoms. The average Bonchev–Trinajstić information content (AvgIpc) is 2.62. The molecule has 3 N–H and O–H groups in total. The summed E-state index contributed by atoms with van der Waals surface area (Å²) in [6.45, 7) is 3.30. The maximum Gasteiger partial charge on any atom is 0.251 e. The summed E-state index contributed by atoms with van der Waals surface area (Å²) in [6, 6.07) is 7.74. The third-order valence-corrected chi connectivity index (χ3v) is 5.68. The van der Waals surface area contributed by atoms with Crippen molar-refractivity contribution in [2.24, 2.45) is 5.73 Å². The molecule has 2 amide bonds. The first-order valence-corrected chi connectivity index (χ1v) is 9.44. The number of nitrogens with zero attached hydrogens (tertiary/aromatic N) is 1. The van der Waals surface area contributed by atoms with Crippen molar-refractivity contribution in [3.8, 4) is 0 Å². The predicted octanol–water partition coefficient (Wildman–Crippen LogP) is 2.38. The van der Waals surface area contributed by atoms with Crippen LogP contribution in [0.25, 0.3) is 0 Å². The second-order valence-corrected chi connectivity index (χ2v) is 7.57. The van der Waals surface area contributed by atoms with Gasteiger partial charge in [-0.25, -0.2) is 0 Å². The van der Waals surface area contributed by atoms with E-state index in [1.807, 2.05) is 36.1 Å². The molecule has 5 heteroatoms. The van der Waals surface area contributed by atoms with Crippen LogP contribution in [0, 0.1) is 6.92 Å². The molecule has 3 rings (SSSR count). The molecule has 0 bridgehead atoms. The fourth-order valence-corrected chi connectivity index (χ4v) is 4.03. The van der Waals surface area contributed by atoms with Crippen molar-refractivity contribution in [2.75, 3.05) is 13.1 Å². The third kappa shape index (κ3) is 4.03. The van der Waals surface area contributed by atoms with Crippen LogP contribution in [0.2, 0.25) is 0 Å². The highest BCUT2D eigenvalue weighted by Gasteiger charge is 2.39. The van der Waals surface area contributed by atoms with Crippen molar-refractivity contribution in [2.45, 2.75) is 63.5 Å². The lowest BCUT2D eigenvalue weighted by molar-refractivity contribution is -0.139. The highest BCUT2D eigenvalue weighted by Crippen LogP contribution is 2.28. The van der Waals surface area contributed by atoms with Gasteiger partial charge in [-0.15, -0.1) is 0 Å². The Morgan fingerprint density at radius 1 is 1.12 bits per heavy atom. The van der Waals surface area contributed by atoms with Crippen molar-refractivity contribution >= 4 is 11.8 Å². The van der Waals surface area contributed by atoms with Crippen molar-refractivity contribution in [3.63, 3.8) is 0 Å². The van der Waals surface area contributed by atoms with Crippen LogP contribution in [0.1, 0.15) is 60.9 Å². The SMILES string of the molecule is Cc1ccccc1C(=O)NC1CCN(C(=O)C2(N)CCCCC2)CC1. The van der Waals surface area contributed by atoms with E-state index in [2.05, 4.69) is 5.32 Å². The number of amides is 2. The summed E-state index contributed by atoms with van der Waals surface area (Å²) in [6.07, 6.45) is 6.46. The molecule has 5 nitrogen and oxygen atoms in total. The predicted molar refractivity (Wildman–Crippen MR) is 98.3 cm³/mol. The number of piperidine rings is 1. The van der Waals surface area contributed by atoms with Gasteiger partial charge in [0.25, 0.3) is 5.91 Å². The molecular weight excluding hydrogens is 314 g/mol. The summed E-state index contributed by atoms with van der Waals surface area (Å²) in [5.41, 5.74) is 7.43. The number of rotatable bonds is 3. The third-order valence-electron chi connectivity index (χ3n) is 5.68. The highest BCUT2D eigenvalue weighted by molar-refractivity contribution is 5.95. The van der Waals surface area contributed by atoms with Gasteiger partial charge in [0.15, 0.2) is 0 Å². The minimum atomic E-state index is -0.657. The molecule has 1 saturated heterocycles. The quantitative estimate of drug-likeness (QED) is 0.885. The van der Waals surface area contributed by atoms with E-state index in [4.69, 9.17) is 5.73 Å². The van der Waals surface area contributed by atoms with E-state index in [9.17, 15) is 9.59 Å². The van der Waals surface area contributed by atoms with Gasteiger partial charge in [0.1, 0.15) is 0 Å². The first kappa shape index (κ1) is 17.9. The van der Waals surface area contributed by atoms with Gasteiger partial charge in [-0.3, -0.25) is 9.59 Å². The van der Waals surface area contributed by atoms with Crippen molar-refractivity contribution in [1.82, 2.24) is 10.2 Å². The molecule has 0 unspecified atom stereocenters. The van der Waals surface area contributed by atoms with E-state index in [0.29, 0.717) is 13.1 Å². The number of carbonyl (C=O) groups is 2. The number of hydrogen-bond donors (Lipinski definition) is 2. The molecule has 1 aromatic rings. The van der Waals surface area contributed by atoms with E-state index < -0.39 is 5.54 Å². The van der Waals surface area contributed by atoms with Gasteiger partial charge >= 0.3 is 0 Å². The Morgan fingerprint density at radius 2 is 1.76 bits per heavy atom. The Hall–Kier alpha value is -1.88. The van der Waals surface area contributed by atoms with E-state index >= 15 is 0 Å². The molecule has 0 aromatic heterocycles. The summed E-state index contributed by atoms with van der Waals surface area (Å²) in [4.78, 5) is 27.1. The Balaban J connectivity index is 1.53. The second kappa shape index (κ2) is 7.56. The summed E-state index contributed by atoms with van der Waals surface area (Å²) >= 11 is 0. The number of nitrogens with one attached hydrogen (secondary N) is 1. The van der Waals surface area contributed by atoms with E-state index in [1.54, 1.807) is 0 Å². The molecule has 1 aliphatic heterocycles. The van der Waals surface area contributed by atoms with Gasteiger partial charge in [0.2, 0.25) is 5.91 Å². The molecule has 1 aromatic carbocycles. The lowest BCUT2D eigenvalue weighted by Crippen LogP contribution is -2.58. The zero-order chi connectivity index (χ0) is 17.9. The fourth-order valence-electron chi connectivity index (χ4n) is 4.03. The molecule has 0 spiro atoms. The normalized spacial score (nSPS) is 21.0. The minimum absolute atomic E-state index is 0.0227. The maximum absolute atomic E-state index is 12.8. The second-order valence-electron chi connectivity index (χ2n) is 7.57.